The number of pyridine rings is 2. The second-order valence-electron chi connectivity index (χ2n) is 7.10. The molecule has 11 heteroatoms. The van der Waals surface area contributed by atoms with Gasteiger partial charge in [-0.15, -0.1) is 10.2 Å². The molecule has 1 saturated carbocycles. The first-order valence-corrected chi connectivity index (χ1v) is 9.90. The smallest absolute Gasteiger partial charge is 0.422 e. The lowest BCUT2D eigenvalue weighted by atomic mass is 9.98. The van der Waals surface area contributed by atoms with E-state index in [4.69, 9.17) is 4.42 Å². The number of hydrogen-bond acceptors (Lipinski definition) is 5. The number of alkyl halides is 5. The van der Waals surface area contributed by atoms with Gasteiger partial charge in [-0.25, -0.2) is 9.97 Å². The van der Waals surface area contributed by atoms with Crippen molar-refractivity contribution in [2.45, 2.75) is 38.8 Å². The Balaban J connectivity index is 0.00000119. The van der Waals surface area contributed by atoms with Gasteiger partial charge < -0.3 is 4.42 Å². The molecule has 5 rings (SSSR count). The van der Waals surface area contributed by atoms with Gasteiger partial charge in [-0.1, -0.05) is 20.4 Å². The molecule has 0 bridgehead atoms. The van der Waals surface area contributed by atoms with E-state index in [0.29, 0.717) is 11.0 Å². The molecule has 0 radical (unpaired) electrons. The van der Waals surface area contributed by atoms with Crippen LogP contribution in [0.2, 0.25) is 0 Å². The summed E-state index contributed by atoms with van der Waals surface area (Å²) in [6, 6.07) is 3.98. The summed E-state index contributed by atoms with van der Waals surface area (Å²) in [6.45, 7) is 7.94. The van der Waals surface area contributed by atoms with E-state index in [9.17, 15) is 22.0 Å². The van der Waals surface area contributed by atoms with Crippen molar-refractivity contribution in [3.63, 3.8) is 0 Å². The van der Waals surface area contributed by atoms with Crippen molar-refractivity contribution < 1.29 is 26.4 Å². The minimum Gasteiger partial charge on any atom is -0.422 e. The largest absolute Gasteiger partial charge is 0.459 e. The van der Waals surface area contributed by atoms with Crippen LogP contribution < -0.4 is 0 Å². The maximum absolute atomic E-state index is 14.2. The Morgan fingerprint density at radius 1 is 1.12 bits per heavy atom. The molecule has 0 atom stereocenters. The van der Waals surface area contributed by atoms with Gasteiger partial charge in [-0.3, -0.25) is 4.40 Å². The summed E-state index contributed by atoms with van der Waals surface area (Å²) >= 11 is 0. The normalized spacial score (nSPS) is 14.5. The van der Waals surface area contributed by atoms with Crippen LogP contribution in [0.1, 0.15) is 37.9 Å². The van der Waals surface area contributed by atoms with E-state index in [-0.39, 0.29) is 34.4 Å². The Bertz CT molecular complexity index is 1290. The van der Waals surface area contributed by atoms with Crippen LogP contribution in [0, 0.1) is 5.92 Å². The molecule has 4 heterocycles. The molecular formula is C21H18F5N5O. The quantitative estimate of drug-likeness (QED) is 0.354. The molecular weight excluding hydrogens is 433 g/mol. The number of imidazole rings is 1. The molecule has 32 heavy (non-hydrogen) atoms. The van der Waals surface area contributed by atoms with E-state index in [0.717, 1.165) is 25.3 Å². The zero-order chi connectivity index (χ0) is 23.3. The lowest BCUT2D eigenvalue weighted by Crippen LogP contribution is -2.34. The third kappa shape index (κ3) is 3.51. The van der Waals surface area contributed by atoms with Crippen molar-refractivity contribution in [1.29, 1.82) is 0 Å². The summed E-state index contributed by atoms with van der Waals surface area (Å²) in [5.74, 6) is -5.00. The molecule has 0 spiro atoms. The highest BCUT2D eigenvalue weighted by Crippen LogP contribution is 2.47. The highest BCUT2D eigenvalue weighted by atomic mass is 19.4. The Morgan fingerprint density at radius 3 is 2.44 bits per heavy atom. The summed E-state index contributed by atoms with van der Waals surface area (Å²) in [6.07, 6.45) is -1.68. The summed E-state index contributed by atoms with van der Waals surface area (Å²) in [5, 5.41) is 7.68. The Kier molecular flexibility index (Phi) is 5.22. The van der Waals surface area contributed by atoms with Gasteiger partial charge in [0, 0.05) is 11.6 Å². The lowest BCUT2D eigenvalue weighted by Gasteiger charge is -2.21. The van der Waals surface area contributed by atoms with Gasteiger partial charge in [-0.2, -0.15) is 22.0 Å². The molecule has 168 valence electrons. The van der Waals surface area contributed by atoms with Gasteiger partial charge in [0.15, 0.2) is 0 Å². The third-order valence-electron chi connectivity index (χ3n) is 5.07. The van der Waals surface area contributed by atoms with Crippen LogP contribution in [0.5, 0.6) is 0 Å². The van der Waals surface area contributed by atoms with Gasteiger partial charge >= 0.3 is 12.1 Å². The van der Waals surface area contributed by atoms with Crippen molar-refractivity contribution in [3.8, 4) is 11.6 Å². The van der Waals surface area contributed by atoms with E-state index in [2.05, 4.69) is 26.7 Å². The average Bonchev–Trinajstić information content (AvgIpc) is 3.28. The third-order valence-corrected chi connectivity index (χ3v) is 5.07. The zero-order valence-electron chi connectivity index (χ0n) is 17.1. The molecule has 0 saturated heterocycles. The number of aromatic nitrogens is 5. The fourth-order valence-electron chi connectivity index (χ4n) is 3.34. The van der Waals surface area contributed by atoms with Crippen molar-refractivity contribution >= 4 is 22.3 Å². The topological polar surface area (TPSA) is 69.1 Å². The molecule has 1 aliphatic carbocycles. The zero-order valence-corrected chi connectivity index (χ0v) is 17.1. The first kappa shape index (κ1) is 21.8. The first-order valence-electron chi connectivity index (χ1n) is 9.90. The molecule has 4 aromatic rings. The van der Waals surface area contributed by atoms with Gasteiger partial charge in [0.2, 0.25) is 6.39 Å². The molecule has 0 amide bonds. The van der Waals surface area contributed by atoms with Gasteiger partial charge in [0.1, 0.15) is 22.7 Å². The van der Waals surface area contributed by atoms with Crippen LogP contribution in [-0.4, -0.2) is 30.7 Å². The van der Waals surface area contributed by atoms with Crippen LogP contribution in [0.3, 0.4) is 0 Å². The summed E-state index contributed by atoms with van der Waals surface area (Å²) in [7, 11) is 0. The molecule has 0 aliphatic heterocycles. The van der Waals surface area contributed by atoms with E-state index in [1.54, 1.807) is 12.1 Å². The van der Waals surface area contributed by atoms with Crippen LogP contribution in [0.25, 0.3) is 33.8 Å². The van der Waals surface area contributed by atoms with Crippen LogP contribution >= 0.6 is 0 Å². The molecule has 4 aromatic heterocycles. The second kappa shape index (κ2) is 7.64. The summed E-state index contributed by atoms with van der Waals surface area (Å²) in [5.41, 5.74) is -0.241. The van der Waals surface area contributed by atoms with Gasteiger partial charge in [-0.05, 0) is 48.1 Å². The predicted octanol–water partition coefficient (Wildman–Crippen LogP) is 6.04. The number of nitrogens with zero attached hydrogens (tertiary/aromatic N) is 5. The predicted molar refractivity (Wildman–Crippen MR) is 107 cm³/mol. The molecule has 1 fully saturated rings. The van der Waals surface area contributed by atoms with Gasteiger partial charge in [0.25, 0.3) is 5.89 Å². The van der Waals surface area contributed by atoms with E-state index in [1.165, 1.54) is 10.6 Å². The van der Waals surface area contributed by atoms with Crippen molar-refractivity contribution in [2.75, 3.05) is 0 Å². The first-order chi connectivity index (χ1) is 15.2. The highest BCUT2D eigenvalue weighted by Gasteiger charge is 2.60. The number of halogens is 5. The minimum absolute atomic E-state index is 0.0513. The second-order valence-corrected chi connectivity index (χ2v) is 7.10. The molecule has 6 nitrogen and oxygen atoms in total. The fraction of sp³-hybridized carbons (Fsp3) is 0.333. The van der Waals surface area contributed by atoms with Crippen LogP contribution in [0.4, 0.5) is 22.0 Å². The number of fused-ring (bicyclic) bond motifs is 3. The van der Waals surface area contributed by atoms with Crippen LogP contribution in [-0.2, 0) is 5.92 Å². The molecule has 0 unspecified atom stereocenters. The average molecular weight is 451 g/mol. The SMILES string of the molecule is C=C(c1cc(C(F)(F)C(F)(F)F)nc2c1ccc1nc(-c3nnco3)cn12)C1CC1.CC. The van der Waals surface area contributed by atoms with E-state index in [1.807, 2.05) is 13.8 Å². The standard InChI is InChI=1S/C19H12F5N5O.C2H6/c1-9(10-2-3-10)12-6-14(18(20,21)19(22,23)24)27-16-11(12)4-5-15-26-13(7-29(15)16)17-28-25-8-30-17;1-2/h4-8,10H,1-3H2;1-2H3. The van der Waals surface area contributed by atoms with Gasteiger partial charge in [0.05, 0.1) is 0 Å². The Hall–Kier alpha value is -3.37. The lowest BCUT2D eigenvalue weighted by molar-refractivity contribution is -0.290. The maximum atomic E-state index is 14.2. The number of rotatable bonds is 4. The molecule has 0 aromatic carbocycles. The summed E-state index contributed by atoms with van der Waals surface area (Å²) in [4.78, 5) is 7.97. The van der Waals surface area contributed by atoms with E-state index < -0.39 is 17.8 Å². The minimum atomic E-state index is -5.79. The monoisotopic (exact) mass is 451 g/mol. The maximum Gasteiger partial charge on any atom is 0.459 e. The fourth-order valence-corrected chi connectivity index (χ4v) is 3.34. The van der Waals surface area contributed by atoms with Crippen molar-refractivity contribution in [1.82, 2.24) is 24.6 Å². The molecule has 1 aliphatic rings. The Morgan fingerprint density at radius 2 is 1.84 bits per heavy atom. The molecule has 0 N–H and O–H groups in total. The number of hydrogen-bond donors (Lipinski definition) is 0. The summed E-state index contributed by atoms with van der Waals surface area (Å²) < 4.78 is 74.0. The number of allylic oxidation sites excluding steroid dienone is 1. The van der Waals surface area contributed by atoms with Crippen LogP contribution in [0.15, 0.2) is 41.8 Å². The van der Waals surface area contributed by atoms with Crippen molar-refractivity contribution in [3.05, 3.63) is 48.6 Å². The van der Waals surface area contributed by atoms with Crippen molar-refractivity contribution in [2.24, 2.45) is 5.92 Å². The highest BCUT2D eigenvalue weighted by molar-refractivity contribution is 5.92. The van der Waals surface area contributed by atoms with E-state index >= 15 is 0 Å². The Labute approximate surface area is 178 Å².